The highest BCUT2D eigenvalue weighted by Crippen LogP contribution is 2.19. The molecule has 2 heterocycles. The van der Waals surface area contributed by atoms with E-state index >= 15 is 0 Å². The van der Waals surface area contributed by atoms with Gasteiger partial charge in [0.2, 0.25) is 5.91 Å². The number of aromatic nitrogens is 4. The van der Waals surface area contributed by atoms with Crippen molar-refractivity contribution in [3.05, 3.63) is 42.5 Å². The number of H-pyrrole nitrogens is 1. The summed E-state index contributed by atoms with van der Waals surface area (Å²) in [7, 11) is 3.61. The van der Waals surface area contributed by atoms with Crippen LogP contribution in [0.5, 0.6) is 5.75 Å². The number of benzene rings is 1. The summed E-state index contributed by atoms with van der Waals surface area (Å²) in [6.07, 6.45) is 3.13. The normalized spacial score (nSPS) is 11.0. The lowest BCUT2D eigenvalue weighted by molar-refractivity contribution is -0.128. The van der Waals surface area contributed by atoms with Crippen molar-refractivity contribution in [3.63, 3.8) is 0 Å². The number of carbonyl (C=O) groups is 1. The highest BCUT2D eigenvalue weighted by Gasteiger charge is 2.16. The smallest absolute Gasteiger partial charge is 0.242 e. The molecule has 0 unspecified atom stereocenters. The van der Waals surface area contributed by atoms with Gasteiger partial charge in [0.25, 0.3) is 0 Å². The van der Waals surface area contributed by atoms with E-state index in [-0.39, 0.29) is 18.6 Å². The van der Waals surface area contributed by atoms with Crippen molar-refractivity contribution in [3.8, 4) is 5.75 Å². The summed E-state index contributed by atoms with van der Waals surface area (Å²) >= 11 is 0. The van der Waals surface area contributed by atoms with Crippen molar-refractivity contribution in [2.75, 3.05) is 25.5 Å². The van der Waals surface area contributed by atoms with Gasteiger partial charge in [0.1, 0.15) is 17.6 Å². The van der Waals surface area contributed by atoms with Gasteiger partial charge in [-0.15, -0.1) is 0 Å². The first-order chi connectivity index (χ1) is 12.9. The van der Waals surface area contributed by atoms with Crippen LogP contribution in [0.15, 0.2) is 36.9 Å². The minimum absolute atomic E-state index is 0.0149. The Morgan fingerprint density at radius 3 is 2.81 bits per heavy atom. The van der Waals surface area contributed by atoms with Crippen LogP contribution in [0.25, 0.3) is 11.2 Å². The Balaban J connectivity index is 1.64. The van der Waals surface area contributed by atoms with Gasteiger partial charge in [-0.25, -0.2) is 15.0 Å². The van der Waals surface area contributed by atoms with E-state index in [2.05, 4.69) is 19.9 Å². The molecule has 0 fully saturated rings. The van der Waals surface area contributed by atoms with Crippen LogP contribution in [0.1, 0.15) is 19.4 Å². The number of hydrogen-bond acceptors (Lipinski definition) is 6. The number of ether oxygens (including phenoxy) is 1. The molecule has 0 aliphatic heterocycles. The maximum absolute atomic E-state index is 12.7. The van der Waals surface area contributed by atoms with Crippen molar-refractivity contribution < 1.29 is 9.53 Å². The van der Waals surface area contributed by atoms with E-state index in [1.165, 1.54) is 6.33 Å². The molecule has 0 spiro atoms. The first-order valence-electron chi connectivity index (χ1n) is 8.79. The quantitative estimate of drug-likeness (QED) is 0.688. The number of likely N-dealkylation sites (N-methyl/N-ethyl adjacent to an activating group) is 2. The molecule has 0 radical (unpaired) electrons. The van der Waals surface area contributed by atoms with E-state index in [1.54, 1.807) is 23.2 Å². The van der Waals surface area contributed by atoms with Crippen molar-refractivity contribution in [2.24, 2.45) is 0 Å². The molecule has 0 saturated heterocycles. The molecule has 1 aromatic carbocycles. The largest absolute Gasteiger partial charge is 0.491 e. The van der Waals surface area contributed by atoms with Gasteiger partial charge in [0.05, 0.1) is 19.0 Å². The molecule has 0 aliphatic carbocycles. The lowest BCUT2D eigenvalue weighted by Crippen LogP contribution is -2.36. The standard InChI is InChI=1S/C19H24N6O2/c1-13(2)27-15-7-5-6-14(8-15)9-24(3)16(26)10-25(4)19-17-18(21-11-20-17)22-12-23-19/h5-8,11-13H,9-10H2,1-4H3,(H,20,21,22,23). The topological polar surface area (TPSA) is 87.2 Å². The highest BCUT2D eigenvalue weighted by atomic mass is 16.5. The summed E-state index contributed by atoms with van der Waals surface area (Å²) in [5.41, 5.74) is 2.31. The Bertz CT molecular complexity index is 923. The third-order valence-electron chi connectivity index (χ3n) is 4.05. The van der Waals surface area contributed by atoms with Gasteiger partial charge in [0.15, 0.2) is 11.5 Å². The number of carbonyl (C=O) groups excluding carboxylic acids is 1. The molecule has 1 N–H and O–H groups in total. The lowest BCUT2D eigenvalue weighted by Gasteiger charge is -2.23. The third-order valence-corrected chi connectivity index (χ3v) is 4.05. The second-order valence-corrected chi connectivity index (χ2v) is 6.72. The summed E-state index contributed by atoms with van der Waals surface area (Å²) in [5.74, 6) is 1.44. The number of nitrogens with zero attached hydrogens (tertiary/aromatic N) is 5. The van der Waals surface area contributed by atoms with Gasteiger partial charge >= 0.3 is 0 Å². The molecule has 27 heavy (non-hydrogen) atoms. The predicted molar refractivity (Wildman–Crippen MR) is 104 cm³/mol. The van der Waals surface area contributed by atoms with Gasteiger partial charge in [-0.1, -0.05) is 12.1 Å². The number of amides is 1. The Hall–Kier alpha value is -3.16. The first-order valence-corrected chi connectivity index (χ1v) is 8.79. The van der Waals surface area contributed by atoms with Crippen LogP contribution in [0, 0.1) is 0 Å². The molecule has 0 bridgehead atoms. The van der Waals surface area contributed by atoms with Gasteiger partial charge in [0, 0.05) is 20.6 Å². The maximum atomic E-state index is 12.7. The van der Waals surface area contributed by atoms with Crippen molar-refractivity contribution >= 4 is 22.9 Å². The summed E-state index contributed by atoms with van der Waals surface area (Å²) in [4.78, 5) is 31.6. The molecule has 2 aromatic heterocycles. The van der Waals surface area contributed by atoms with Gasteiger partial charge < -0.3 is 19.5 Å². The molecular weight excluding hydrogens is 344 g/mol. The summed E-state index contributed by atoms with van der Waals surface area (Å²) in [6.45, 7) is 4.68. The molecule has 0 saturated carbocycles. The van der Waals surface area contributed by atoms with E-state index in [0.29, 0.717) is 23.5 Å². The Labute approximate surface area is 158 Å². The molecule has 142 valence electrons. The minimum atomic E-state index is -0.0149. The predicted octanol–water partition coefficient (Wildman–Crippen LogP) is 2.23. The molecule has 3 aromatic rings. The van der Waals surface area contributed by atoms with Gasteiger partial charge in [-0.2, -0.15) is 0 Å². The summed E-state index contributed by atoms with van der Waals surface area (Å²) < 4.78 is 5.72. The number of fused-ring (bicyclic) bond motifs is 1. The molecular formula is C19H24N6O2. The lowest BCUT2D eigenvalue weighted by atomic mass is 10.2. The second kappa shape index (κ2) is 8.03. The number of imidazole rings is 1. The number of hydrogen-bond donors (Lipinski definition) is 1. The van der Waals surface area contributed by atoms with E-state index in [9.17, 15) is 4.79 Å². The highest BCUT2D eigenvalue weighted by molar-refractivity contribution is 5.86. The average molecular weight is 368 g/mol. The van der Waals surface area contributed by atoms with Crippen LogP contribution in [0.2, 0.25) is 0 Å². The minimum Gasteiger partial charge on any atom is -0.491 e. The monoisotopic (exact) mass is 368 g/mol. The Morgan fingerprint density at radius 2 is 2.04 bits per heavy atom. The van der Waals surface area contributed by atoms with E-state index in [4.69, 9.17) is 4.74 Å². The van der Waals surface area contributed by atoms with Crippen LogP contribution in [0.4, 0.5) is 5.82 Å². The molecule has 1 amide bonds. The second-order valence-electron chi connectivity index (χ2n) is 6.72. The van der Waals surface area contributed by atoms with Crippen molar-refractivity contribution in [2.45, 2.75) is 26.5 Å². The van der Waals surface area contributed by atoms with E-state index < -0.39 is 0 Å². The van der Waals surface area contributed by atoms with Crippen molar-refractivity contribution in [1.82, 2.24) is 24.8 Å². The van der Waals surface area contributed by atoms with Crippen LogP contribution in [-0.4, -0.2) is 57.5 Å². The zero-order valence-corrected chi connectivity index (χ0v) is 16.0. The fraction of sp³-hybridized carbons (Fsp3) is 0.368. The average Bonchev–Trinajstić information content (AvgIpc) is 3.09. The maximum Gasteiger partial charge on any atom is 0.242 e. The fourth-order valence-corrected chi connectivity index (χ4v) is 2.79. The van der Waals surface area contributed by atoms with Crippen LogP contribution in [-0.2, 0) is 11.3 Å². The summed E-state index contributed by atoms with van der Waals surface area (Å²) in [5, 5.41) is 0. The molecule has 8 nitrogen and oxygen atoms in total. The fourth-order valence-electron chi connectivity index (χ4n) is 2.79. The molecule has 0 atom stereocenters. The SMILES string of the molecule is CC(C)Oc1cccc(CN(C)C(=O)CN(C)c2ncnc3nc[nH]c23)c1. The number of rotatable bonds is 7. The number of aromatic amines is 1. The van der Waals surface area contributed by atoms with Crippen LogP contribution >= 0.6 is 0 Å². The number of nitrogens with one attached hydrogen (secondary N) is 1. The zero-order chi connectivity index (χ0) is 19.4. The van der Waals surface area contributed by atoms with E-state index in [0.717, 1.165) is 11.3 Å². The molecule has 3 rings (SSSR count). The van der Waals surface area contributed by atoms with Gasteiger partial charge in [-0.05, 0) is 31.5 Å². The van der Waals surface area contributed by atoms with Crippen LogP contribution in [0.3, 0.4) is 0 Å². The van der Waals surface area contributed by atoms with Gasteiger partial charge in [-0.3, -0.25) is 4.79 Å². The Morgan fingerprint density at radius 1 is 1.22 bits per heavy atom. The first kappa shape index (κ1) is 18.6. The third kappa shape index (κ3) is 4.52. The summed E-state index contributed by atoms with van der Waals surface area (Å²) in [6, 6.07) is 7.81. The Kier molecular flexibility index (Phi) is 5.54. The molecule has 0 aliphatic rings. The number of anilines is 1. The molecule has 8 heteroatoms. The van der Waals surface area contributed by atoms with E-state index in [1.807, 2.05) is 45.2 Å². The van der Waals surface area contributed by atoms with Crippen molar-refractivity contribution in [1.29, 1.82) is 0 Å². The van der Waals surface area contributed by atoms with Crippen LogP contribution < -0.4 is 9.64 Å². The zero-order valence-electron chi connectivity index (χ0n) is 16.0.